The maximum Gasteiger partial charge on any atom is 0.243 e. The summed E-state index contributed by atoms with van der Waals surface area (Å²) in [5.41, 5.74) is 4.61. The van der Waals surface area contributed by atoms with E-state index in [1.54, 1.807) is 13.8 Å². The van der Waals surface area contributed by atoms with Gasteiger partial charge in [0.05, 0.1) is 16.7 Å². The Bertz CT molecular complexity index is 571. The van der Waals surface area contributed by atoms with Crippen molar-refractivity contribution in [1.29, 1.82) is 0 Å². The van der Waals surface area contributed by atoms with Gasteiger partial charge in [-0.05, 0) is 18.9 Å². The summed E-state index contributed by atoms with van der Waals surface area (Å²) >= 11 is 4.93. The van der Waals surface area contributed by atoms with Crippen LogP contribution in [-0.2, 0) is 10.0 Å². The molecule has 0 aliphatic rings. The number of thiocarbonyl (C=S) groups is 1. The molecule has 0 aromatic carbocycles. The third-order valence-corrected chi connectivity index (χ3v) is 4.89. The Morgan fingerprint density at radius 2 is 2.05 bits per heavy atom. The first kappa shape index (κ1) is 15.9. The summed E-state index contributed by atoms with van der Waals surface area (Å²) in [7, 11) is -3.93. The van der Waals surface area contributed by atoms with Crippen LogP contribution in [-0.4, -0.2) is 23.9 Å². The summed E-state index contributed by atoms with van der Waals surface area (Å²) < 4.78 is 39.9. The minimum Gasteiger partial charge on any atom is -0.392 e. The van der Waals surface area contributed by atoms with Gasteiger partial charge in [-0.2, -0.15) is 4.72 Å². The van der Waals surface area contributed by atoms with Gasteiger partial charge in [-0.15, -0.1) is 0 Å². The molecule has 8 heteroatoms. The van der Waals surface area contributed by atoms with E-state index in [4.69, 9.17) is 18.0 Å². The lowest BCUT2D eigenvalue weighted by molar-refractivity contribution is 0.465. The van der Waals surface area contributed by atoms with Gasteiger partial charge >= 0.3 is 0 Å². The van der Waals surface area contributed by atoms with Crippen LogP contribution in [0.1, 0.15) is 26.7 Å². The molecule has 3 N–H and O–H groups in total. The van der Waals surface area contributed by atoms with E-state index >= 15 is 0 Å². The number of rotatable bonds is 6. The van der Waals surface area contributed by atoms with E-state index in [-0.39, 0.29) is 9.88 Å². The summed E-state index contributed by atoms with van der Waals surface area (Å²) in [6.07, 6.45) is 2.81. The highest BCUT2D eigenvalue weighted by Crippen LogP contribution is 2.20. The molecule has 0 saturated carbocycles. The molecule has 0 radical (unpaired) electrons. The Balaban J connectivity index is 3.18. The van der Waals surface area contributed by atoms with Crippen molar-refractivity contribution < 1.29 is 12.8 Å². The molecule has 5 nitrogen and oxygen atoms in total. The van der Waals surface area contributed by atoms with Crippen molar-refractivity contribution >= 4 is 27.2 Å². The molecule has 0 unspecified atom stereocenters. The largest absolute Gasteiger partial charge is 0.392 e. The highest BCUT2D eigenvalue weighted by molar-refractivity contribution is 7.89. The van der Waals surface area contributed by atoms with Crippen LogP contribution in [0.3, 0.4) is 0 Å². The normalized spacial score (nSPS) is 12.4. The number of nitrogens with zero attached hydrogens (tertiary/aromatic N) is 1. The molecule has 1 aromatic rings. The molecular formula is C11H16FN3O2S2. The average molecular weight is 305 g/mol. The van der Waals surface area contributed by atoms with Crippen LogP contribution in [0.5, 0.6) is 0 Å². The summed E-state index contributed by atoms with van der Waals surface area (Å²) in [6.45, 7) is 3.55. The smallest absolute Gasteiger partial charge is 0.243 e. The molecule has 1 heterocycles. The predicted molar refractivity (Wildman–Crippen MR) is 74.6 cm³/mol. The number of aromatic nitrogens is 1. The van der Waals surface area contributed by atoms with Crippen molar-refractivity contribution in [3.05, 3.63) is 24.3 Å². The Labute approximate surface area is 117 Å². The zero-order chi connectivity index (χ0) is 14.7. The first-order valence-corrected chi connectivity index (χ1v) is 7.61. The van der Waals surface area contributed by atoms with Gasteiger partial charge in [0.25, 0.3) is 0 Å². The maximum absolute atomic E-state index is 13.0. The van der Waals surface area contributed by atoms with Crippen molar-refractivity contribution in [3.8, 4) is 0 Å². The number of sulfonamides is 1. The molecule has 0 bridgehead atoms. The van der Waals surface area contributed by atoms with Crippen LogP contribution < -0.4 is 10.5 Å². The molecule has 0 atom stereocenters. The third-order valence-electron chi connectivity index (χ3n) is 3.00. The van der Waals surface area contributed by atoms with E-state index in [1.807, 2.05) is 0 Å². The number of pyridine rings is 1. The maximum atomic E-state index is 13.0. The van der Waals surface area contributed by atoms with Gasteiger partial charge in [-0.25, -0.2) is 12.8 Å². The van der Waals surface area contributed by atoms with E-state index in [1.165, 1.54) is 0 Å². The van der Waals surface area contributed by atoms with Crippen molar-refractivity contribution in [2.45, 2.75) is 37.1 Å². The molecule has 0 spiro atoms. The second kappa shape index (κ2) is 5.89. The summed E-state index contributed by atoms with van der Waals surface area (Å²) in [5.74, 6) is -0.725. The number of hydrogen-bond donors (Lipinski definition) is 2. The van der Waals surface area contributed by atoms with E-state index in [9.17, 15) is 12.8 Å². The van der Waals surface area contributed by atoms with Crippen LogP contribution in [0.2, 0.25) is 0 Å². The van der Waals surface area contributed by atoms with Crippen molar-refractivity contribution in [2.75, 3.05) is 0 Å². The Hall–Kier alpha value is -1.12. The fourth-order valence-electron chi connectivity index (χ4n) is 1.65. The highest BCUT2D eigenvalue weighted by Gasteiger charge is 2.35. The Morgan fingerprint density at radius 3 is 2.47 bits per heavy atom. The van der Waals surface area contributed by atoms with E-state index in [0.29, 0.717) is 12.8 Å². The second-order valence-electron chi connectivity index (χ2n) is 4.10. The molecule has 1 aromatic heterocycles. The molecule has 0 aliphatic carbocycles. The van der Waals surface area contributed by atoms with Crippen LogP contribution in [0.4, 0.5) is 4.39 Å². The van der Waals surface area contributed by atoms with Crippen molar-refractivity contribution in [1.82, 2.24) is 9.71 Å². The second-order valence-corrected chi connectivity index (χ2v) is 6.22. The van der Waals surface area contributed by atoms with E-state index in [0.717, 1.165) is 18.5 Å². The van der Waals surface area contributed by atoms with Gasteiger partial charge in [0.2, 0.25) is 10.0 Å². The van der Waals surface area contributed by atoms with E-state index in [2.05, 4.69) is 9.71 Å². The number of hydrogen-bond acceptors (Lipinski definition) is 4. The van der Waals surface area contributed by atoms with Crippen LogP contribution in [0.25, 0.3) is 0 Å². The van der Waals surface area contributed by atoms with Crippen LogP contribution >= 0.6 is 12.2 Å². The molecule has 0 amide bonds. The van der Waals surface area contributed by atoms with Gasteiger partial charge in [0, 0.05) is 6.20 Å². The van der Waals surface area contributed by atoms with Crippen molar-refractivity contribution in [2.24, 2.45) is 5.73 Å². The molecule has 0 aliphatic heterocycles. The fraction of sp³-hybridized carbons (Fsp3) is 0.455. The summed E-state index contributed by atoms with van der Waals surface area (Å²) in [5, 5.41) is 0. The fourth-order valence-corrected chi connectivity index (χ4v) is 3.55. The molecule has 1 rings (SSSR count). The van der Waals surface area contributed by atoms with E-state index < -0.39 is 21.4 Å². The zero-order valence-corrected chi connectivity index (χ0v) is 12.3. The Morgan fingerprint density at radius 1 is 1.47 bits per heavy atom. The third kappa shape index (κ3) is 3.46. The molecular weight excluding hydrogens is 289 g/mol. The minimum atomic E-state index is -3.93. The van der Waals surface area contributed by atoms with Gasteiger partial charge in [-0.3, -0.25) is 4.98 Å². The first-order valence-electron chi connectivity index (χ1n) is 5.72. The molecule has 106 valence electrons. The standard InChI is InChI=1S/C11H16FN3O2S2/c1-3-11(4-2,10(13)18)15-19(16,17)9-5-8(12)6-14-7-9/h5-7,15H,3-4H2,1-2H3,(H2,13,18). The average Bonchev–Trinajstić information content (AvgIpc) is 2.35. The zero-order valence-electron chi connectivity index (χ0n) is 10.7. The topological polar surface area (TPSA) is 85.1 Å². The predicted octanol–water partition coefficient (Wildman–Crippen LogP) is 1.34. The first-order chi connectivity index (χ1) is 8.77. The molecule has 19 heavy (non-hydrogen) atoms. The van der Waals surface area contributed by atoms with Gasteiger partial charge < -0.3 is 5.73 Å². The summed E-state index contributed by atoms with van der Waals surface area (Å²) in [4.78, 5) is 3.32. The lowest BCUT2D eigenvalue weighted by Crippen LogP contribution is -2.55. The van der Waals surface area contributed by atoms with Gasteiger partial charge in [-0.1, -0.05) is 26.1 Å². The summed E-state index contributed by atoms with van der Waals surface area (Å²) in [6, 6.07) is 0.894. The molecule has 0 fully saturated rings. The lowest BCUT2D eigenvalue weighted by Gasteiger charge is -2.31. The minimum absolute atomic E-state index is 0.0606. The van der Waals surface area contributed by atoms with Crippen molar-refractivity contribution in [3.63, 3.8) is 0 Å². The lowest BCUT2D eigenvalue weighted by atomic mass is 9.94. The highest BCUT2D eigenvalue weighted by atomic mass is 32.2. The van der Waals surface area contributed by atoms with Gasteiger partial charge in [0.1, 0.15) is 10.7 Å². The monoisotopic (exact) mass is 305 g/mol. The SMILES string of the molecule is CCC(CC)(NS(=O)(=O)c1cncc(F)c1)C(N)=S. The van der Waals surface area contributed by atoms with Crippen LogP contribution in [0.15, 0.2) is 23.4 Å². The van der Waals surface area contributed by atoms with Crippen LogP contribution in [0, 0.1) is 5.82 Å². The Kier molecular flexibility index (Phi) is 4.94. The molecule has 0 saturated heterocycles. The number of halogens is 1. The number of nitrogens with two attached hydrogens (primary N) is 1. The number of nitrogens with one attached hydrogen (secondary N) is 1. The van der Waals surface area contributed by atoms with Gasteiger partial charge in [0.15, 0.2) is 0 Å². The quantitative estimate of drug-likeness (QED) is 0.775.